The Morgan fingerprint density at radius 2 is 1.88 bits per heavy atom. The number of likely N-dealkylation sites (N-methyl/N-ethyl adjacent to an activating group) is 1. The van der Waals surface area contributed by atoms with Gasteiger partial charge in [0.15, 0.2) is 0 Å². The van der Waals surface area contributed by atoms with E-state index in [0.717, 1.165) is 12.8 Å². The van der Waals surface area contributed by atoms with Gasteiger partial charge in [-0.1, -0.05) is 19.3 Å². The lowest BCUT2D eigenvalue weighted by Gasteiger charge is -2.39. The normalized spacial score (nSPS) is 18.8. The summed E-state index contributed by atoms with van der Waals surface area (Å²) in [5, 5.41) is 0. The molecule has 0 saturated heterocycles. The van der Waals surface area contributed by atoms with Crippen molar-refractivity contribution in [1.29, 1.82) is 0 Å². The minimum absolute atomic E-state index is 0.152. The van der Waals surface area contributed by atoms with Gasteiger partial charge in [-0.15, -0.1) is 0 Å². The fourth-order valence-corrected chi connectivity index (χ4v) is 2.49. The second-order valence-corrected chi connectivity index (χ2v) is 4.66. The van der Waals surface area contributed by atoms with Crippen LogP contribution in [0.3, 0.4) is 0 Å². The molecule has 0 atom stereocenters. The molecule has 0 unspecified atom stereocenters. The molecule has 0 aromatic carbocycles. The van der Waals surface area contributed by atoms with Crippen LogP contribution in [0.25, 0.3) is 0 Å². The Morgan fingerprint density at radius 1 is 1.24 bits per heavy atom. The van der Waals surface area contributed by atoms with Gasteiger partial charge in [-0.2, -0.15) is 0 Å². The molecule has 0 N–H and O–H groups in total. The third-order valence-electron chi connectivity index (χ3n) is 3.58. The topological polar surface area (TPSA) is 38.8 Å². The van der Waals surface area contributed by atoms with Crippen molar-refractivity contribution < 1.29 is 14.3 Å². The second kappa shape index (κ2) is 6.84. The van der Waals surface area contributed by atoms with Gasteiger partial charge >= 0.3 is 6.09 Å². The largest absolute Gasteiger partial charge is 0.450 e. The van der Waals surface area contributed by atoms with E-state index in [0.29, 0.717) is 19.7 Å². The molecule has 1 amide bonds. The summed E-state index contributed by atoms with van der Waals surface area (Å²) in [7, 11) is 1.75. The average molecular weight is 243 g/mol. The molecular formula is C13H25NO3. The average Bonchev–Trinajstić information content (AvgIpc) is 2.37. The van der Waals surface area contributed by atoms with E-state index >= 15 is 0 Å². The molecule has 4 nitrogen and oxygen atoms in total. The maximum Gasteiger partial charge on any atom is 0.409 e. The second-order valence-electron chi connectivity index (χ2n) is 4.66. The lowest BCUT2D eigenvalue weighted by Crippen LogP contribution is -2.48. The van der Waals surface area contributed by atoms with Crippen LogP contribution in [-0.2, 0) is 9.47 Å². The van der Waals surface area contributed by atoms with Crippen LogP contribution in [0.2, 0.25) is 0 Å². The number of rotatable bonds is 5. The van der Waals surface area contributed by atoms with Crippen molar-refractivity contribution in [1.82, 2.24) is 4.90 Å². The van der Waals surface area contributed by atoms with Crippen molar-refractivity contribution in [2.24, 2.45) is 0 Å². The predicted molar refractivity (Wildman–Crippen MR) is 67.1 cm³/mol. The Hall–Kier alpha value is -0.770. The first-order valence-corrected chi connectivity index (χ1v) is 6.64. The van der Waals surface area contributed by atoms with Gasteiger partial charge in [-0.3, -0.25) is 0 Å². The molecule has 17 heavy (non-hydrogen) atoms. The van der Waals surface area contributed by atoms with E-state index in [1.165, 1.54) is 19.3 Å². The van der Waals surface area contributed by atoms with Gasteiger partial charge in [0.1, 0.15) is 0 Å². The van der Waals surface area contributed by atoms with E-state index in [1.54, 1.807) is 12.0 Å². The molecule has 0 aliphatic heterocycles. The quantitative estimate of drug-likeness (QED) is 0.745. The monoisotopic (exact) mass is 243 g/mol. The van der Waals surface area contributed by atoms with Crippen molar-refractivity contribution in [2.75, 3.05) is 26.8 Å². The summed E-state index contributed by atoms with van der Waals surface area (Å²) in [5.41, 5.74) is -0.152. The van der Waals surface area contributed by atoms with Crippen LogP contribution in [-0.4, -0.2) is 43.4 Å². The SMILES string of the molecule is CCOC(=O)N(CC)CC1(OC)CCCCC1. The first-order valence-electron chi connectivity index (χ1n) is 6.64. The summed E-state index contributed by atoms with van der Waals surface area (Å²) in [6.45, 7) is 5.56. The zero-order valence-corrected chi connectivity index (χ0v) is 11.3. The van der Waals surface area contributed by atoms with E-state index in [2.05, 4.69) is 0 Å². The number of hydrogen-bond acceptors (Lipinski definition) is 3. The van der Waals surface area contributed by atoms with Gasteiger partial charge in [0.25, 0.3) is 0 Å². The highest BCUT2D eigenvalue weighted by Gasteiger charge is 2.35. The van der Waals surface area contributed by atoms with Crippen LogP contribution in [0.15, 0.2) is 0 Å². The molecule has 1 saturated carbocycles. The highest BCUT2D eigenvalue weighted by molar-refractivity contribution is 5.67. The van der Waals surface area contributed by atoms with Crippen molar-refractivity contribution in [2.45, 2.75) is 51.6 Å². The Kier molecular flexibility index (Phi) is 5.75. The summed E-state index contributed by atoms with van der Waals surface area (Å²) < 4.78 is 10.7. The van der Waals surface area contributed by atoms with Crippen LogP contribution in [0.5, 0.6) is 0 Å². The predicted octanol–water partition coefficient (Wildman–Crippen LogP) is 2.81. The molecule has 1 fully saturated rings. The third kappa shape index (κ3) is 3.87. The van der Waals surface area contributed by atoms with Crippen LogP contribution < -0.4 is 0 Å². The molecule has 0 aromatic rings. The standard InChI is InChI=1S/C13H25NO3/c1-4-14(12(15)17-5-2)11-13(16-3)9-7-6-8-10-13/h4-11H2,1-3H3. The zero-order valence-electron chi connectivity index (χ0n) is 11.3. The summed E-state index contributed by atoms with van der Waals surface area (Å²) in [5.74, 6) is 0. The molecule has 0 bridgehead atoms. The fraction of sp³-hybridized carbons (Fsp3) is 0.923. The number of ether oxygens (including phenoxy) is 2. The number of methoxy groups -OCH3 is 1. The minimum atomic E-state index is -0.225. The first-order chi connectivity index (χ1) is 8.17. The molecule has 0 spiro atoms. The molecule has 1 aliphatic carbocycles. The molecule has 0 heterocycles. The molecule has 0 aromatic heterocycles. The lowest BCUT2D eigenvalue weighted by atomic mass is 9.84. The minimum Gasteiger partial charge on any atom is -0.450 e. The van der Waals surface area contributed by atoms with Crippen LogP contribution in [0.1, 0.15) is 46.0 Å². The molecule has 0 radical (unpaired) electrons. The summed E-state index contributed by atoms with van der Waals surface area (Å²) in [6, 6.07) is 0. The van der Waals surface area contributed by atoms with E-state index in [4.69, 9.17) is 9.47 Å². The van der Waals surface area contributed by atoms with Gasteiger partial charge in [0, 0.05) is 13.7 Å². The number of nitrogens with zero attached hydrogens (tertiary/aromatic N) is 1. The smallest absolute Gasteiger partial charge is 0.409 e. The van der Waals surface area contributed by atoms with Crippen molar-refractivity contribution in [3.63, 3.8) is 0 Å². The highest BCUT2D eigenvalue weighted by Crippen LogP contribution is 2.32. The van der Waals surface area contributed by atoms with Gasteiger partial charge in [0.2, 0.25) is 0 Å². The van der Waals surface area contributed by atoms with Crippen LogP contribution in [0, 0.1) is 0 Å². The Labute approximate surface area is 104 Å². The van der Waals surface area contributed by atoms with E-state index in [-0.39, 0.29) is 11.7 Å². The molecule has 1 rings (SSSR count). The van der Waals surface area contributed by atoms with E-state index < -0.39 is 0 Å². The van der Waals surface area contributed by atoms with Crippen LogP contribution >= 0.6 is 0 Å². The van der Waals surface area contributed by atoms with E-state index in [9.17, 15) is 4.79 Å². The van der Waals surface area contributed by atoms with Crippen molar-refractivity contribution >= 4 is 6.09 Å². The highest BCUT2D eigenvalue weighted by atomic mass is 16.6. The maximum absolute atomic E-state index is 11.8. The summed E-state index contributed by atoms with van der Waals surface area (Å²) in [6.07, 6.45) is 5.51. The van der Waals surface area contributed by atoms with Crippen molar-refractivity contribution in [3.8, 4) is 0 Å². The summed E-state index contributed by atoms with van der Waals surface area (Å²) in [4.78, 5) is 13.5. The molecule has 1 aliphatic rings. The molecular weight excluding hydrogens is 218 g/mol. The zero-order chi connectivity index (χ0) is 12.7. The van der Waals surface area contributed by atoms with E-state index in [1.807, 2.05) is 13.8 Å². The maximum atomic E-state index is 11.8. The van der Waals surface area contributed by atoms with Gasteiger partial charge in [0.05, 0.1) is 18.8 Å². The number of carbonyl (C=O) groups is 1. The van der Waals surface area contributed by atoms with Gasteiger partial charge in [-0.05, 0) is 26.7 Å². The number of carbonyl (C=O) groups excluding carboxylic acids is 1. The Morgan fingerprint density at radius 3 is 2.35 bits per heavy atom. The molecule has 100 valence electrons. The Bertz CT molecular complexity index is 237. The number of amides is 1. The Balaban J connectivity index is 2.60. The fourth-order valence-electron chi connectivity index (χ4n) is 2.49. The molecule has 4 heteroatoms. The summed E-state index contributed by atoms with van der Waals surface area (Å²) >= 11 is 0. The third-order valence-corrected chi connectivity index (χ3v) is 3.58. The van der Waals surface area contributed by atoms with Crippen molar-refractivity contribution in [3.05, 3.63) is 0 Å². The number of hydrogen-bond donors (Lipinski definition) is 0. The first kappa shape index (κ1) is 14.3. The van der Waals surface area contributed by atoms with Crippen LogP contribution in [0.4, 0.5) is 4.79 Å². The lowest BCUT2D eigenvalue weighted by molar-refractivity contribution is -0.0589. The van der Waals surface area contributed by atoms with Gasteiger partial charge in [-0.25, -0.2) is 4.79 Å². The van der Waals surface area contributed by atoms with Gasteiger partial charge < -0.3 is 14.4 Å².